The Morgan fingerprint density at radius 1 is 1.27 bits per heavy atom. The van der Waals surface area contributed by atoms with Crippen LogP contribution >= 0.6 is 0 Å². The van der Waals surface area contributed by atoms with Gasteiger partial charge in [0.05, 0.1) is 0 Å². The Kier molecular flexibility index (Phi) is 5.18. The molecule has 0 spiro atoms. The molecule has 0 saturated heterocycles. The van der Waals surface area contributed by atoms with E-state index in [9.17, 15) is 4.79 Å². The molecule has 0 radical (unpaired) electrons. The molecule has 0 amide bonds. The molecule has 0 bridgehead atoms. The molecule has 0 heterocycles. The number of hydrogen-bond donors (Lipinski definition) is 0. The predicted molar refractivity (Wildman–Crippen MR) is 48.5 cm³/mol. The van der Waals surface area contributed by atoms with Crippen molar-refractivity contribution >= 4 is 6.29 Å². The summed E-state index contributed by atoms with van der Waals surface area (Å²) in [6.07, 6.45) is 3.34. The standard InChI is InChI=1S/C10H20O/c1-5-9(4)6-10(7-11)8(2)3/h7-10H,5-6H2,1-4H3. The van der Waals surface area contributed by atoms with Crippen LogP contribution in [0, 0.1) is 17.8 Å². The smallest absolute Gasteiger partial charge is 0.123 e. The number of hydrogen-bond acceptors (Lipinski definition) is 1. The molecule has 0 aromatic heterocycles. The summed E-state index contributed by atoms with van der Waals surface area (Å²) in [4.78, 5) is 10.6. The molecule has 0 aromatic carbocycles. The van der Waals surface area contributed by atoms with Gasteiger partial charge >= 0.3 is 0 Å². The molecule has 11 heavy (non-hydrogen) atoms. The van der Waals surface area contributed by atoms with Gasteiger partial charge in [-0.2, -0.15) is 0 Å². The third-order valence-corrected chi connectivity index (χ3v) is 2.40. The molecule has 1 nitrogen and oxygen atoms in total. The van der Waals surface area contributed by atoms with Gasteiger partial charge in [0.2, 0.25) is 0 Å². The molecule has 0 fully saturated rings. The van der Waals surface area contributed by atoms with Crippen LogP contribution in [0.3, 0.4) is 0 Å². The maximum atomic E-state index is 10.6. The van der Waals surface area contributed by atoms with Gasteiger partial charge in [0.25, 0.3) is 0 Å². The average molecular weight is 156 g/mol. The van der Waals surface area contributed by atoms with Crippen LogP contribution in [0.25, 0.3) is 0 Å². The molecule has 0 aliphatic heterocycles. The van der Waals surface area contributed by atoms with E-state index in [4.69, 9.17) is 0 Å². The Labute approximate surface area is 70.2 Å². The number of carbonyl (C=O) groups excluding carboxylic acids is 1. The second-order valence-corrected chi connectivity index (χ2v) is 3.79. The fourth-order valence-electron chi connectivity index (χ4n) is 1.12. The number of aldehydes is 1. The lowest BCUT2D eigenvalue weighted by molar-refractivity contribution is -0.112. The molecule has 0 aromatic rings. The Hall–Kier alpha value is -0.330. The van der Waals surface area contributed by atoms with Crippen LogP contribution in [0.1, 0.15) is 40.5 Å². The highest BCUT2D eigenvalue weighted by atomic mass is 16.1. The quantitative estimate of drug-likeness (QED) is 0.559. The summed E-state index contributed by atoms with van der Waals surface area (Å²) in [5.41, 5.74) is 0. The molecular weight excluding hydrogens is 136 g/mol. The van der Waals surface area contributed by atoms with Crippen LogP contribution in [0.5, 0.6) is 0 Å². The van der Waals surface area contributed by atoms with Crippen LogP contribution in [0.4, 0.5) is 0 Å². The number of rotatable bonds is 5. The monoisotopic (exact) mass is 156 g/mol. The summed E-state index contributed by atoms with van der Waals surface area (Å²) in [5, 5.41) is 0. The van der Waals surface area contributed by atoms with Gasteiger partial charge in [0.15, 0.2) is 0 Å². The van der Waals surface area contributed by atoms with E-state index >= 15 is 0 Å². The largest absolute Gasteiger partial charge is 0.303 e. The lowest BCUT2D eigenvalue weighted by Crippen LogP contribution is -2.13. The second-order valence-electron chi connectivity index (χ2n) is 3.79. The normalized spacial score (nSPS) is 16.5. The third-order valence-electron chi connectivity index (χ3n) is 2.40. The SMILES string of the molecule is CCC(C)CC(C=O)C(C)C. The molecule has 66 valence electrons. The van der Waals surface area contributed by atoms with E-state index < -0.39 is 0 Å². The van der Waals surface area contributed by atoms with Gasteiger partial charge in [-0.1, -0.05) is 34.1 Å². The van der Waals surface area contributed by atoms with Gasteiger partial charge in [-0.25, -0.2) is 0 Å². The minimum absolute atomic E-state index is 0.268. The molecule has 0 aliphatic carbocycles. The topological polar surface area (TPSA) is 17.1 Å². The van der Waals surface area contributed by atoms with Crippen LogP contribution in [0.15, 0.2) is 0 Å². The van der Waals surface area contributed by atoms with Gasteiger partial charge in [0.1, 0.15) is 6.29 Å². The summed E-state index contributed by atoms with van der Waals surface area (Å²) in [6.45, 7) is 8.61. The Balaban J connectivity index is 3.77. The van der Waals surface area contributed by atoms with E-state index in [2.05, 4.69) is 27.7 Å². The third kappa shape index (κ3) is 4.18. The minimum atomic E-state index is 0.268. The van der Waals surface area contributed by atoms with E-state index in [1.165, 1.54) is 6.42 Å². The summed E-state index contributed by atoms with van der Waals surface area (Å²) in [5.74, 6) is 1.46. The van der Waals surface area contributed by atoms with Crippen LogP contribution < -0.4 is 0 Å². The molecule has 0 N–H and O–H groups in total. The van der Waals surface area contributed by atoms with Crippen molar-refractivity contribution in [3.05, 3.63) is 0 Å². The van der Waals surface area contributed by atoms with E-state index in [1.54, 1.807) is 0 Å². The first-order valence-electron chi connectivity index (χ1n) is 4.57. The Morgan fingerprint density at radius 3 is 2.09 bits per heavy atom. The first kappa shape index (κ1) is 10.7. The zero-order valence-corrected chi connectivity index (χ0v) is 8.13. The summed E-state index contributed by atoms with van der Waals surface area (Å²) < 4.78 is 0. The highest BCUT2D eigenvalue weighted by Crippen LogP contribution is 2.19. The van der Waals surface area contributed by atoms with Crippen molar-refractivity contribution in [3.63, 3.8) is 0 Å². The molecular formula is C10H20O. The zero-order valence-electron chi connectivity index (χ0n) is 8.13. The lowest BCUT2D eigenvalue weighted by atomic mass is 9.87. The van der Waals surface area contributed by atoms with Gasteiger partial charge in [-0.15, -0.1) is 0 Å². The van der Waals surface area contributed by atoms with Gasteiger partial charge in [-0.05, 0) is 18.3 Å². The molecule has 2 unspecified atom stereocenters. The first-order chi connectivity index (χ1) is 5.11. The van der Waals surface area contributed by atoms with Gasteiger partial charge < -0.3 is 4.79 Å². The van der Waals surface area contributed by atoms with Gasteiger partial charge in [-0.3, -0.25) is 0 Å². The molecule has 0 aliphatic rings. The van der Waals surface area contributed by atoms with Crippen molar-refractivity contribution in [3.8, 4) is 0 Å². The Morgan fingerprint density at radius 2 is 1.82 bits per heavy atom. The minimum Gasteiger partial charge on any atom is -0.303 e. The maximum absolute atomic E-state index is 10.6. The molecule has 2 atom stereocenters. The maximum Gasteiger partial charge on any atom is 0.123 e. The predicted octanol–water partition coefficient (Wildman–Crippen LogP) is 2.89. The summed E-state index contributed by atoms with van der Waals surface area (Å²) in [6, 6.07) is 0. The Bertz CT molecular complexity index is 107. The summed E-state index contributed by atoms with van der Waals surface area (Å²) in [7, 11) is 0. The fourth-order valence-corrected chi connectivity index (χ4v) is 1.12. The van der Waals surface area contributed by atoms with Crippen molar-refractivity contribution in [2.45, 2.75) is 40.5 Å². The molecule has 0 saturated carbocycles. The van der Waals surface area contributed by atoms with Crippen molar-refractivity contribution in [2.75, 3.05) is 0 Å². The zero-order chi connectivity index (χ0) is 8.85. The fraction of sp³-hybridized carbons (Fsp3) is 0.900. The molecule has 1 heteroatoms. The van der Waals surface area contributed by atoms with Crippen molar-refractivity contribution in [1.82, 2.24) is 0 Å². The lowest BCUT2D eigenvalue weighted by Gasteiger charge is -2.17. The van der Waals surface area contributed by atoms with E-state index in [1.807, 2.05) is 0 Å². The van der Waals surface area contributed by atoms with Crippen molar-refractivity contribution < 1.29 is 4.79 Å². The van der Waals surface area contributed by atoms with Crippen LogP contribution in [-0.2, 0) is 4.79 Å². The van der Waals surface area contributed by atoms with Crippen LogP contribution in [0.2, 0.25) is 0 Å². The van der Waals surface area contributed by atoms with E-state index in [-0.39, 0.29) is 5.92 Å². The molecule has 0 rings (SSSR count). The number of carbonyl (C=O) groups is 1. The average Bonchev–Trinajstić information content (AvgIpc) is 1.99. The highest BCUT2D eigenvalue weighted by Gasteiger charge is 2.14. The summed E-state index contributed by atoms with van der Waals surface area (Å²) >= 11 is 0. The van der Waals surface area contributed by atoms with Gasteiger partial charge in [0, 0.05) is 5.92 Å². The first-order valence-corrected chi connectivity index (χ1v) is 4.57. The second kappa shape index (κ2) is 5.34. The van der Waals surface area contributed by atoms with Crippen LogP contribution in [-0.4, -0.2) is 6.29 Å². The van der Waals surface area contributed by atoms with Crippen molar-refractivity contribution in [1.29, 1.82) is 0 Å². The van der Waals surface area contributed by atoms with E-state index in [0.717, 1.165) is 12.7 Å². The highest BCUT2D eigenvalue weighted by molar-refractivity contribution is 5.53. The van der Waals surface area contributed by atoms with Crippen molar-refractivity contribution in [2.24, 2.45) is 17.8 Å². The van der Waals surface area contributed by atoms with E-state index in [0.29, 0.717) is 11.8 Å².